The SMILES string of the molecule is CC(C)(C)NCC(O)CCl. The van der Waals surface area contributed by atoms with E-state index in [1.54, 1.807) is 0 Å². The van der Waals surface area contributed by atoms with E-state index < -0.39 is 6.10 Å². The van der Waals surface area contributed by atoms with Crippen LogP contribution in [0.25, 0.3) is 0 Å². The van der Waals surface area contributed by atoms with Crippen molar-refractivity contribution in [2.45, 2.75) is 32.4 Å². The van der Waals surface area contributed by atoms with E-state index in [-0.39, 0.29) is 5.54 Å². The highest BCUT2D eigenvalue weighted by atomic mass is 35.5. The number of rotatable bonds is 3. The molecule has 0 rings (SSSR count). The molecule has 0 aliphatic carbocycles. The summed E-state index contributed by atoms with van der Waals surface area (Å²) in [6, 6.07) is 0. The molecule has 0 bridgehead atoms. The van der Waals surface area contributed by atoms with Gasteiger partial charge in [0.2, 0.25) is 0 Å². The molecule has 0 saturated carbocycles. The number of halogens is 1. The van der Waals surface area contributed by atoms with Gasteiger partial charge in [-0.1, -0.05) is 0 Å². The lowest BCUT2D eigenvalue weighted by Gasteiger charge is -2.21. The van der Waals surface area contributed by atoms with Crippen molar-refractivity contribution in [1.29, 1.82) is 0 Å². The van der Waals surface area contributed by atoms with Gasteiger partial charge < -0.3 is 10.4 Å². The smallest absolute Gasteiger partial charge is 0.0799 e. The minimum Gasteiger partial charge on any atom is -0.391 e. The van der Waals surface area contributed by atoms with Crippen LogP contribution in [0.3, 0.4) is 0 Å². The summed E-state index contributed by atoms with van der Waals surface area (Å²) in [5, 5.41) is 12.2. The summed E-state index contributed by atoms with van der Waals surface area (Å²) in [5.41, 5.74) is 0.0625. The first kappa shape index (κ1) is 10.2. The zero-order valence-electron chi connectivity index (χ0n) is 6.82. The second-order valence-electron chi connectivity index (χ2n) is 3.44. The topological polar surface area (TPSA) is 32.3 Å². The first-order chi connectivity index (χ1) is 4.45. The summed E-state index contributed by atoms with van der Waals surface area (Å²) in [5.74, 6) is 0.295. The summed E-state index contributed by atoms with van der Waals surface area (Å²) in [4.78, 5) is 0. The molecule has 1 unspecified atom stereocenters. The Bertz CT molecular complexity index is 90.1. The van der Waals surface area contributed by atoms with Gasteiger partial charge in [-0.05, 0) is 20.8 Å². The first-order valence-corrected chi connectivity index (χ1v) is 3.98. The summed E-state index contributed by atoms with van der Waals surface area (Å²) in [6.07, 6.45) is -0.430. The van der Waals surface area contributed by atoms with Crippen molar-refractivity contribution < 1.29 is 5.11 Å². The van der Waals surface area contributed by atoms with E-state index in [2.05, 4.69) is 5.32 Å². The molecule has 2 N–H and O–H groups in total. The summed E-state index contributed by atoms with van der Waals surface area (Å²) in [7, 11) is 0. The molecule has 0 aromatic rings. The van der Waals surface area contributed by atoms with Crippen LogP contribution >= 0.6 is 11.6 Å². The highest BCUT2D eigenvalue weighted by Crippen LogP contribution is 1.98. The minimum absolute atomic E-state index is 0.0625. The molecule has 0 saturated heterocycles. The van der Waals surface area contributed by atoms with Gasteiger partial charge in [-0.3, -0.25) is 0 Å². The Balaban J connectivity index is 3.36. The number of hydrogen-bond acceptors (Lipinski definition) is 2. The second kappa shape index (κ2) is 4.16. The third-order valence-corrected chi connectivity index (χ3v) is 1.40. The summed E-state index contributed by atoms with van der Waals surface area (Å²) >= 11 is 5.39. The van der Waals surface area contributed by atoms with E-state index in [1.807, 2.05) is 20.8 Å². The Kier molecular flexibility index (Phi) is 4.25. The van der Waals surface area contributed by atoms with Gasteiger partial charge in [0, 0.05) is 18.0 Å². The van der Waals surface area contributed by atoms with E-state index in [4.69, 9.17) is 16.7 Å². The second-order valence-corrected chi connectivity index (χ2v) is 3.75. The van der Waals surface area contributed by atoms with Gasteiger partial charge in [-0.2, -0.15) is 0 Å². The molecular weight excluding hydrogens is 150 g/mol. The fourth-order valence-electron chi connectivity index (χ4n) is 0.479. The molecule has 0 fully saturated rings. The van der Waals surface area contributed by atoms with Crippen LogP contribution in [0.15, 0.2) is 0 Å². The van der Waals surface area contributed by atoms with Crippen molar-refractivity contribution in [3.05, 3.63) is 0 Å². The normalized spacial score (nSPS) is 15.3. The lowest BCUT2D eigenvalue weighted by molar-refractivity contribution is 0.182. The molecule has 0 aromatic carbocycles. The van der Waals surface area contributed by atoms with Crippen LogP contribution in [0.2, 0.25) is 0 Å². The number of aliphatic hydroxyl groups excluding tert-OH is 1. The molecule has 0 radical (unpaired) electrons. The van der Waals surface area contributed by atoms with E-state index in [0.29, 0.717) is 12.4 Å². The third-order valence-electron chi connectivity index (χ3n) is 1.05. The molecule has 2 nitrogen and oxygen atoms in total. The monoisotopic (exact) mass is 165 g/mol. The molecule has 0 spiro atoms. The average molecular weight is 166 g/mol. The molecule has 62 valence electrons. The van der Waals surface area contributed by atoms with Crippen molar-refractivity contribution in [3.63, 3.8) is 0 Å². The first-order valence-electron chi connectivity index (χ1n) is 3.45. The number of nitrogens with one attached hydrogen (secondary N) is 1. The Hall–Kier alpha value is 0.210. The van der Waals surface area contributed by atoms with Gasteiger partial charge in [0.05, 0.1) is 6.10 Å². The zero-order valence-corrected chi connectivity index (χ0v) is 7.57. The number of aliphatic hydroxyl groups is 1. The molecule has 0 amide bonds. The van der Waals surface area contributed by atoms with Crippen molar-refractivity contribution in [3.8, 4) is 0 Å². The Morgan fingerprint density at radius 1 is 1.50 bits per heavy atom. The van der Waals surface area contributed by atoms with Crippen LogP contribution in [0.1, 0.15) is 20.8 Å². The summed E-state index contributed by atoms with van der Waals surface area (Å²) in [6.45, 7) is 6.71. The predicted molar refractivity (Wildman–Crippen MR) is 44.5 cm³/mol. The standard InChI is InChI=1S/C7H16ClNO/c1-7(2,3)9-5-6(10)4-8/h6,9-10H,4-5H2,1-3H3. The van der Waals surface area contributed by atoms with Gasteiger partial charge >= 0.3 is 0 Å². The largest absolute Gasteiger partial charge is 0.391 e. The van der Waals surface area contributed by atoms with Crippen LogP contribution in [-0.4, -0.2) is 29.2 Å². The Labute approximate surface area is 67.6 Å². The number of alkyl halides is 1. The maximum absolute atomic E-state index is 9.03. The molecule has 0 aliphatic rings. The lowest BCUT2D eigenvalue weighted by atomic mass is 10.1. The number of hydrogen-bond donors (Lipinski definition) is 2. The van der Waals surface area contributed by atoms with E-state index in [1.165, 1.54) is 0 Å². The Morgan fingerprint density at radius 3 is 2.30 bits per heavy atom. The molecule has 0 aliphatic heterocycles. The highest BCUT2D eigenvalue weighted by Gasteiger charge is 2.10. The molecule has 3 heteroatoms. The third kappa shape index (κ3) is 6.33. The zero-order chi connectivity index (χ0) is 8.20. The van der Waals surface area contributed by atoms with Crippen LogP contribution in [0.4, 0.5) is 0 Å². The van der Waals surface area contributed by atoms with E-state index in [9.17, 15) is 0 Å². The van der Waals surface area contributed by atoms with Crippen molar-refractivity contribution in [2.75, 3.05) is 12.4 Å². The maximum atomic E-state index is 9.03. The Morgan fingerprint density at radius 2 is 2.00 bits per heavy atom. The fraction of sp³-hybridized carbons (Fsp3) is 1.00. The molecular formula is C7H16ClNO. The highest BCUT2D eigenvalue weighted by molar-refractivity contribution is 6.18. The minimum atomic E-state index is -0.430. The fourth-order valence-corrected chi connectivity index (χ4v) is 0.588. The average Bonchev–Trinajstić information content (AvgIpc) is 1.81. The van der Waals surface area contributed by atoms with Crippen LogP contribution < -0.4 is 5.32 Å². The van der Waals surface area contributed by atoms with Crippen LogP contribution in [0, 0.1) is 0 Å². The number of β-amino-alcohol motifs (C(OH)–C–C–N with tert-alkyl or cyclic N) is 1. The molecule has 10 heavy (non-hydrogen) atoms. The van der Waals surface area contributed by atoms with Gasteiger partial charge in [-0.15, -0.1) is 11.6 Å². The molecule has 0 heterocycles. The van der Waals surface area contributed by atoms with Gasteiger partial charge in [0.1, 0.15) is 0 Å². The van der Waals surface area contributed by atoms with E-state index >= 15 is 0 Å². The maximum Gasteiger partial charge on any atom is 0.0799 e. The van der Waals surface area contributed by atoms with Crippen molar-refractivity contribution in [1.82, 2.24) is 5.32 Å². The van der Waals surface area contributed by atoms with Crippen LogP contribution in [0.5, 0.6) is 0 Å². The van der Waals surface area contributed by atoms with E-state index in [0.717, 1.165) is 0 Å². The van der Waals surface area contributed by atoms with Crippen molar-refractivity contribution >= 4 is 11.6 Å². The van der Waals surface area contributed by atoms with Gasteiger partial charge in [0.15, 0.2) is 0 Å². The molecule has 0 aromatic heterocycles. The summed E-state index contributed by atoms with van der Waals surface area (Å²) < 4.78 is 0. The van der Waals surface area contributed by atoms with Gasteiger partial charge in [0.25, 0.3) is 0 Å². The molecule has 1 atom stereocenters. The lowest BCUT2D eigenvalue weighted by Crippen LogP contribution is -2.41. The van der Waals surface area contributed by atoms with Crippen molar-refractivity contribution in [2.24, 2.45) is 0 Å². The van der Waals surface area contributed by atoms with Crippen LogP contribution in [-0.2, 0) is 0 Å². The predicted octanol–water partition coefficient (Wildman–Crippen LogP) is 0.974. The quantitative estimate of drug-likeness (QED) is 0.611. The van der Waals surface area contributed by atoms with Gasteiger partial charge in [-0.25, -0.2) is 0 Å².